The average Bonchev–Trinajstić information content (AvgIpc) is 3.17. The number of hydrogen-bond donors (Lipinski definition) is 1. The highest BCUT2D eigenvalue weighted by atomic mass is 32.2. The third kappa shape index (κ3) is 3.81. The van der Waals surface area contributed by atoms with Crippen LogP contribution in [0.25, 0.3) is 11.0 Å². The number of nitrogens with zero attached hydrogens (tertiary/aromatic N) is 1. The van der Waals surface area contributed by atoms with Crippen molar-refractivity contribution >= 4 is 26.9 Å². The van der Waals surface area contributed by atoms with Crippen LogP contribution in [-0.4, -0.2) is 31.7 Å². The number of carbonyl (C=O) groups excluding carboxylic acids is 1. The van der Waals surface area contributed by atoms with Crippen molar-refractivity contribution in [2.75, 3.05) is 13.1 Å². The van der Waals surface area contributed by atoms with Crippen LogP contribution in [0.2, 0.25) is 0 Å². The monoisotopic (exact) mass is 398 g/mol. The zero-order valence-corrected chi connectivity index (χ0v) is 16.2. The fraction of sp³-hybridized carbons (Fsp3) is 0.286. The van der Waals surface area contributed by atoms with Crippen molar-refractivity contribution < 1.29 is 17.6 Å². The molecule has 0 atom stereocenters. The number of benzene rings is 2. The molecule has 4 rings (SSSR count). The highest BCUT2D eigenvalue weighted by molar-refractivity contribution is 7.89. The maximum Gasteiger partial charge on any atom is 0.287 e. The van der Waals surface area contributed by atoms with Gasteiger partial charge in [0.25, 0.3) is 5.91 Å². The van der Waals surface area contributed by atoms with E-state index in [2.05, 4.69) is 5.32 Å². The molecule has 1 aliphatic rings. The van der Waals surface area contributed by atoms with Gasteiger partial charge in [-0.15, -0.1) is 0 Å². The molecule has 146 valence electrons. The van der Waals surface area contributed by atoms with Crippen LogP contribution < -0.4 is 5.32 Å². The smallest absolute Gasteiger partial charge is 0.287 e. The fourth-order valence-electron chi connectivity index (χ4n) is 3.40. The van der Waals surface area contributed by atoms with E-state index in [-0.39, 0.29) is 11.7 Å². The van der Waals surface area contributed by atoms with Crippen LogP contribution in [0.4, 0.5) is 0 Å². The standard InChI is InChI=1S/C21H22N2O4S/c24-21(20-14-17-6-2-3-7-19(17)27-20)22-15-16-8-10-18(11-9-16)28(25,26)23-12-4-1-5-13-23/h2-3,6-11,14H,1,4-5,12-13,15H2,(H,22,24). The molecule has 28 heavy (non-hydrogen) atoms. The first-order chi connectivity index (χ1) is 13.5. The van der Waals surface area contributed by atoms with Gasteiger partial charge in [-0.3, -0.25) is 4.79 Å². The van der Waals surface area contributed by atoms with Gasteiger partial charge >= 0.3 is 0 Å². The molecular weight excluding hydrogens is 376 g/mol. The SMILES string of the molecule is O=C(NCc1ccc(S(=O)(=O)N2CCCCC2)cc1)c1cc2ccccc2o1. The van der Waals surface area contributed by atoms with E-state index in [1.807, 2.05) is 24.3 Å². The van der Waals surface area contributed by atoms with E-state index in [0.29, 0.717) is 30.1 Å². The van der Waals surface area contributed by atoms with Crippen LogP contribution in [0.5, 0.6) is 0 Å². The summed E-state index contributed by atoms with van der Waals surface area (Å²) >= 11 is 0. The number of furan rings is 1. The lowest BCUT2D eigenvalue weighted by molar-refractivity contribution is 0.0925. The third-order valence-corrected chi connectivity index (χ3v) is 6.89. The molecular formula is C21H22N2O4S. The summed E-state index contributed by atoms with van der Waals surface area (Å²) in [6, 6.07) is 15.8. The molecule has 0 radical (unpaired) electrons. The Balaban J connectivity index is 1.41. The summed E-state index contributed by atoms with van der Waals surface area (Å²) in [6.45, 7) is 1.45. The zero-order valence-electron chi connectivity index (χ0n) is 15.4. The molecule has 0 unspecified atom stereocenters. The molecule has 1 aliphatic heterocycles. The highest BCUT2D eigenvalue weighted by Gasteiger charge is 2.25. The Morgan fingerprint density at radius 2 is 1.71 bits per heavy atom. The molecule has 1 amide bonds. The predicted octanol–water partition coefficient (Wildman–Crippen LogP) is 3.54. The molecule has 1 N–H and O–H groups in total. The lowest BCUT2D eigenvalue weighted by Gasteiger charge is -2.25. The van der Waals surface area contributed by atoms with Crippen LogP contribution in [-0.2, 0) is 16.6 Å². The highest BCUT2D eigenvalue weighted by Crippen LogP contribution is 2.21. The van der Waals surface area contributed by atoms with E-state index in [4.69, 9.17) is 4.42 Å². The minimum atomic E-state index is -3.44. The number of amides is 1. The maximum atomic E-state index is 12.7. The minimum absolute atomic E-state index is 0.255. The normalized spacial score (nSPS) is 15.6. The van der Waals surface area contributed by atoms with Crippen LogP contribution in [0, 0.1) is 0 Å². The van der Waals surface area contributed by atoms with Gasteiger partial charge in [-0.25, -0.2) is 8.42 Å². The van der Waals surface area contributed by atoms with Gasteiger partial charge in [-0.2, -0.15) is 4.31 Å². The summed E-state index contributed by atoms with van der Waals surface area (Å²) in [6.07, 6.45) is 2.89. The Kier molecular flexibility index (Phi) is 5.19. The van der Waals surface area contributed by atoms with E-state index < -0.39 is 10.0 Å². The van der Waals surface area contributed by atoms with Crippen molar-refractivity contribution in [2.24, 2.45) is 0 Å². The second kappa shape index (κ2) is 7.77. The molecule has 3 aromatic rings. The van der Waals surface area contributed by atoms with Gasteiger partial charge in [0.1, 0.15) is 5.58 Å². The Morgan fingerprint density at radius 3 is 2.43 bits per heavy atom. The number of carbonyl (C=O) groups is 1. The molecule has 0 saturated carbocycles. The van der Waals surface area contributed by atoms with Crippen molar-refractivity contribution in [1.82, 2.24) is 9.62 Å². The topological polar surface area (TPSA) is 79.6 Å². The minimum Gasteiger partial charge on any atom is -0.451 e. The summed E-state index contributed by atoms with van der Waals surface area (Å²) in [5.41, 5.74) is 1.49. The van der Waals surface area contributed by atoms with Gasteiger partial charge in [-0.05, 0) is 42.7 Å². The van der Waals surface area contributed by atoms with Gasteiger partial charge in [0, 0.05) is 25.0 Å². The number of sulfonamides is 1. The first-order valence-electron chi connectivity index (χ1n) is 9.40. The summed E-state index contributed by atoms with van der Waals surface area (Å²) in [5, 5.41) is 3.68. The van der Waals surface area contributed by atoms with Crippen LogP contribution in [0.15, 0.2) is 63.9 Å². The maximum absolute atomic E-state index is 12.7. The van der Waals surface area contributed by atoms with E-state index in [1.54, 1.807) is 34.6 Å². The van der Waals surface area contributed by atoms with E-state index in [0.717, 1.165) is 30.2 Å². The van der Waals surface area contributed by atoms with Gasteiger partial charge in [-0.1, -0.05) is 36.8 Å². The van der Waals surface area contributed by atoms with E-state index in [9.17, 15) is 13.2 Å². The second-order valence-corrected chi connectivity index (χ2v) is 8.88. The number of fused-ring (bicyclic) bond motifs is 1. The lowest BCUT2D eigenvalue weighted by atomic mass is 10.2. The van der Waals surface area contributed by atoms with Crippen molar-refractivity contribution in [2.45, 2.75) is 30.7 Å². The van der Waals surface area contributed by atoms with Gasteiger partial charge in [0.05, 0.1) is 4.90 Å². The van der Waals surface area contributed by atoms with Crippen molar-refractivity contribution in [1.29, 1.82) is 0 Å². The largest absolute Gasteiger partial charge is 0.451 e. The van der Waals surface area contributed by atoms with Crippen molar-refractivity contribution in [3.05, 3.63) is 65.9 Å². The van der Waals surface area contributed by atoms with Crippen LogP contribution in [0.3, 0.4) is 0 Å². The van der Waals surface area contributed by atoms with Crippen molar-refractivity contribution in [3.8, 4) is 0 Å². The number of rotatable bonds is 5. The Morgan fingerprint density at radius 1 is 1.00 bits per heavy atom. The molecule has 1 aromatic heterocycles. The van der Waals surface area contributed by atoms with Crippen LogP contribution >= 0.6 is 0 Å². The average molecular weight is 398 g/mol. The summed E-state index contributed by atoms with van der Waals surface area (Å²) in [7, 11) is -3.44. The second-order valence-electron chi connectivity index (χ2n) is 6.94. The zero-order chi connectivity index (χ0) is 19.6. The van der Waals surface area contributed by atoms with Crippen LogP contribution in [0.1, 0.15) is 35.4 Å². The number of para-hydroxylation sites is 1. The summed E-state index contributed by atoms with van der Waals surface area (Å²) in [5.74, 6) is -0.0493. The fourth-order valence-corrected chi connectivity index (χ4v) is 4.91. The van der Waals surface area contributed by atoms with E-state index >= 15 is 0 Å². The molecule has 1 saturated heterocycles. The summed E-state index contributed by atoms with van der Waals surface area (Å²) < 4.78 is 32.5. The quantitative estimate of drug-likeness (QED) is 0.713. The number of piperidine rings is 1. The van der Waals surface area contributed by atoms with Crippen molar-refractivity contribution in [3.63, 3.8) is 0 Å². The van der Waals surface area contributed by atoms with Gasteiger partial charge in [0.2, 0.25) is 10.0 Å². The molecule has 1 fully saturated rings. The molecule has 7 heteroatoms. The Bertz CT molecular complexity index is 1050. The molecule has 0 bridgehead atoms. The van der Waals surface area contributed by atoms with Gasteiger partial charge in [0.15, 0.2) is 5.76 Å². The molecule has 0 aliphatic carbocycles. The number of nitrogens with one attached hydrogen (secondary N) is 1. The molecule has 2 aromatic carbocycles. The Hall–Kier alpha value is -2.64. The first-order valence-corrected chi connectivity index (χ1v) is 10.8. The number of hydrogen-bond acceptors (Lipinski definition) is 4. The third-order valence-electron chi connectivity index (χ3n) is 4.98. The molecule has 0 spiro atoms. The molecule has 6 nitrogen and oxygen atoms in total. The van der Waals surface area contributed by atoms with Gasteiger partial charge < -0.3 is 9.73 Å². The Labute approximate surface area is 164 Å². The molecule has 2 heterocycles. The first kappa shape index (κ1) is 18.7. The lowest BCUT2D eigenvalue weighted by Crippen LogP contribution is -2.35. The summed E-state index contributed by atoms with van der Waals surface area (Å²) in [4.78, 5) is 12.6. The van der Waals surface area contributed by atoms with E-state index in [1.165, 1.54) is 0 Å². The predicted molar refractivity (Wildman–Crippen MR) is 106 cm³/mol.